The van der Waals surface area contributed by atoms with Crippen molar-refractivity contribution < 1.29 is 4.39 Å². The minimum Gasteiger partial charge on any atom is -0.342 e. The van der Waals surface area contributed by atoms with Crippen LogP contribution in [0.3, 0.4) is 0 Å². The fraction of sp³-hybridized carbons (Fsp3) is 0.385. The lowest BCUT2D eigenvalue weighted by atomic mass is 9.56. The van der Waals surface area contributed by atoms with Crippen LogP contribution >= 0.6 is 11.3 Å². The zero-order valence-electron chi connectivity index (χ0n) is 26.1. The highest BCUT2D eigenvalue weighted by atomic mass is 32.1. The van der Waals surface area contributed by atoms with E-state index in [1.807, 2.05) is 23.5 Å². The van der Waals surface area contributed by atoms with Gasteiger partial charge in [-0.25, -0.2) is 4.39 Å². The highest BCUT2D eigenvalue weighted by Gasteiger charge is 2.45. The number of allylic oxidation sites excluding steroid dienone is 1. The van der Waals surface area contributed by atoms with Gasteiger partial charge in [0.15, 0.2) is 0 Å². The van der Waals surface area contributed by atoms with Crippen LogP contribution in [0.5, 0.6) is 0 Å². The number of hydrogen-bond donors (Lipinski definition) is 1. The van der Waals surface area contributed by atoms with Gasteiger partial charge < -0.3 is 9.88 Å². The van der Waals surface area contributed by atoms with Crippen molar-refractivity contribution in [1.29, 1.82) is 0 Å². The molecular weight excluding hydrogens is 548 g/mol. The lowest BCUT2D eigenvalue weighted by Gasteiger charge is -2.50. The summed E-state index contributed by atoms with van der Waals surface area (Å²) in [7, 11) is 2.14. The molecule has 0 radical (unpaired) electrons. The fourth-order valence-corrected chi connectivity index (χ4v) is 10.1. The van der Waals surface area contributed by atoms with Gasteiger partial charge in [-0.1, -0.05) is 75.4 Å². The predicted molar refractivity (Wildman–Crippen MR) is 182 cm³/mol. The molecule has 0 amide bonds. The van der Waals surface area contributed by atoms with Crippen molar-refractivity contribution in [2.75, 3.05) is 7.05 Å². The monoisotopic (exact) mass is 590 g/mol. The maximum absolute atomic E-state index is 13.7. The van der Waals surface area contributed by atoms with E-state index in [0.717, 1.165) is 32.2 Å². The molecule has 7 rings (SSSR count). The minimum atomic E-state index is -0.151. The molecule has 43 heavy (non-hydrogen) atoms. The molecule has 4 unspecified atom stereocenters. The molecule has 2 aliphatic carbocycles. The quantitative estimate of drug-likeness (QED) is 0.195. The number of thiophene rings is 1. The molecule has 0 saturated heterocycles. The van der Waals surface area contributed by atoms with Gasteiger partial charge in [0.25, 0.3) is 0 Å². The molecule has 5 atom stereocenters. The molecule has 3 aromatic carbocycles. The third kappa shape index (κ3) is 4.60. The number of benzene rings is 3. The number of nitrogens with one attached hydrogen (secondary N) is 1. The summed E-state index contributed by atoms with van der Waals surface area (Å²) in [6, 6.07) is 25.5. The number of hydrogen-bond acceptors (Lipinski definition) is 2. The molecule has 2 heterocycles. The SMILES string of the molecule is C/C=C(\[C@@H](Cn1c2c(c3ccccc31)-c1sc3ccccc3c1CC2)NC)C1(C)CC(C)C(c2ccc(F)cc2)CC1C. The summed E-state index contributed by atoms with van der Waals surface area (Å²) in [4.78, 5) is 1.47. The second-order valence-corrected chi connectivity index (χ2v) is 14.4. The molecular formula is C39H43FN2S. The molecule has 0 aliphatic heterocycles. The number of nitrogens with zero attached hydrogens (tertiary/aromatic N) is 1. The Morgan fingerprint density at radius 2 is 1.74 bits per heavy atom. The van der Waals surface area contributed by atoms with E-state index in [-0.39, 0.29) is 17.3 Å². The number of fused-ring (bicyclic) bond motifs is 7. The smallest absolute Gasteiger partial charge is 0.123 e. The summed E-state index contributed by atoms with van der Waals surface area (Å²) >= 11 is 1.97. The average molecular weight is 591 g/mol. The van der Waals surface area contributed by atoms with Gasteiger partial charge in [0.1, 0.15) is 5.82 Å². The molecule has 0 spiro atoms. The van der Waals surface area contributed by atoms with Crippen LogP contribution in [0.1, 0.15) is 63.3 Å². The number of para-hydroxylation sites is 1. The van der Waals surface area contributed by atoms with E-state index in [2.05, 4.69) is 99.2 Å². The van der Waals surface area contributed by atoms with E-state index in [1.165, 1.54) is 53.8 Å². The molecule has 1 N–H and O–H groups in total. The highest BCUT2D eigenvalue weighted by Crippen LogP contribution is 2.54. The van der Waals surface area contributed by atoms with E-state index >= 15 is 0 Å². The minimum absolute atomic E-state index is 0.0834. The number of aryl methyl sites for hydroxylation is 1. The molecule has 2 aromatic heterocycles. The zero-order valence-corrected chi connectivity index (χ0v) is 26.9. The van der Waals surface area contributed by atoms with E-state index in [4.69, 9.17) is 0 Å². The van der Waals surface area contributed by atoms with Crippen LogP contribution < -0.4 is 5.32 Å². The van der Waals surface area contributed by atoms with Crippen LogP contribution in [-0.4, -0.2) is 17.7 Å². The zero-order chi connectivity index (χ0) is 29.9. The van der Waals surface area contributed by atoms with Gasteiger partial charge in [-0.3, -0.25) is 0 Å². The Morgan fingerprint density at radius 1 is 1.02 bits per heavy atom. The molecule has 2 nitrogen and oxygen atoms in total. The Balaban J connectivity index is 1.25. The van der Waals surface area contributed by atoms with Gasteiger partial charge in [0, 0.05) is 44.3 Å². The Labute approximate surface area is 259 Å². The van der Waals surface area contributed by atoms with Crippen molar-refractivity contribution in [3.05, 3.63) is 107 Å². The molecule has 0 bridgehead atoms. The van der Waals surface area contributed by atoms with E-state index < -0.39 is 0 Å². The van der Waals surface area contributed by atoms with Gasteiger partial charge in [-0.15, -0.1) is 11.3 Å². The molecule has 1 fully saturated rings. The van der Waals surface area contributed by atoms with Crippen LogP contribution in [0.15, 0.2) is 84.4 Å². The Kier molecular flexibility index (Phi) is 7.34. The standard InChI is InChI=1S/C39H43FN2S/c1-6-32(39(4)22-24(2)31(21-25(39)3)26-15-17-27(40)18-16-26)33(41-5)23-42-34-13-9-7-12-30(34)37-35(42)20-19-29-28-11-8-10-14-36(28)43-38(29)37/h6-18,24-25,31,33,41H,19-23H2,1-5H3/b32-6+/t24?,25?,31?,33-,39?/m1/s1. The summed E-state index contributed by atoms with van der Waals surface area (Å²) in [6.07, 6.45) is 6.83. The van der Waals surface area contributed by atoms with Crippen molar-refractivity contribution in [2.24, 2.45) is 17.3 Å². The molecule has 222 valence electrons. The number of likely N-dealkylation sites (N-methyl/N-ethyl adjacent to an activating group) is 1. The molecule has 5 aromatic rings. The summed E-state index contributed by atoms with van der Waals surface area (Å²) in [5, 5.41) is 6.60. The van der Waals surface area contributed by atoms with Crippen molar-refractivity contribution in [3.63, 3.8) is 0 Å². The van der Waals surface area contributed by atoms with Gasteiger partial charge >= 0.3 is 0 Å². The van der Waals surface area contributed by atoms with Gasteiger partial charge in [0.05, 0.1) is 0 Å². The lowest BCUT2D eigenvalue weighted by molar-refractivity contribution is 0.103. The summed E-state index contributed by atoms with van der Waals surface area (Å²) in [5.41, 5.74) is 8.71. The van der Waals surface area contributed by atoms with Crippen molar-refractivity contribution in [2.45, 2.75) is 71.9 Å². The van der Waals surface area contributed by atoms with Crippen LogP contribution in [0.25, 0.3) is 31.4 Å². The Bertz CT molecular complexity index is 1830. The average Bonchev–Trinajstić information content (AvgIpc) is 3.55. The predicted octanol–water partition coefficient (Wildman–Crippen LogP) is 10.2. The van der Waals surface area contributed by atoms with Crippen LogP contribution in [0.4, 0.5) is 4.39 Å². The lowest BCUT2D eigenvalue weighted by Crippen LogP contribution is -2.45. The van der Waals surface area contributed by atoms with E-state index in [9.17, 15) is 4.39 Å². The fourth-order valence-electron chi connectivity index (χ4n) is 8.79. The van der Waals surface area contributed by atoms with E-state index in [1.54, 1.807) is 12.1 Å². The normalized spacial score (nSPS) is 24.7. The summed E-state index contributed by atoms with van der Waals surface area (Å²) in [5.74, 6) is 1.34. The van der Waals surface area contributed by atoms with Crippen LogP contribution in [0.2, 0.25) is 0 Å². The first kappa shape index (κ1) is 28.6. The number of aromatic nitrogens is 1. The van der Waals surface area contributed by atoms with Crippen LogP contribution in [0, 0.1) is 23.1 Å². The molecule has 2 aliphatic rings. The maximum Gasteiger partial charge on any atom is 0.123 e. The topological polar surface area (TPSA) is 17.0 Å². The molecule has 1 saturated carbocycles. The highest BCUT2D eigenvalue weighted by molar-refractivity contribution is 7.22. The third-order valence-corrected chi connectivity index (χ3v) is 12.3. The van der Waals surface area contributed by atoms with E-state index in [0.29, 0.717) is 17.8 Å². The van der Waals surface area contributed by atoms with Crippen molar-refractivity contribution in [3.8, 4) is 10.4 Å². The van der Waals surface area contributed by atoms with Gasteiger partial charge in [0.2, 0.25) is 0 Å². The number of rotatable bonds is 6. The summed E-state index contributed by atoms with van der Waals surface area (Å²) in [6.45, 7) is 10.5. The summed E-state index contributed by atoms with van der Waals surface area (Å²) < 4.78 is 17.7. The van der Waals surface area contributed by atoms with Gasteiger partial charge in [-0.2, -0.15) is 0 Å². The van der Waals surface area contributed by atoms with Gasteiger partial charge in [-0.05, 0) is 109 Å². The number of halogens is 1. The second kappa shape index (κ2) is 11.1. The van der Waals surface area contributed by atoms with Crippen LogP contribution in [-0.2, 0) is 19.4 Å². The first-order chi connectivity index (χ1) is 20.8. The Morgan fingerprint density at radius 3 is 2.49 bits per heavy atom. The maximum atomic E-state index is 13.7. The first-order valence-electron chi connectivity index (χ1n) is 16.0. The largest absolute Gasteiger partial charge is 0.342 e. The molecule has 4 heteroatoms. The van der Waals surface area contributed by atoms with Crippen molar-refractivity contribution >= 4 is 32.3 Å². The second-order valence-electron chi connectivity index (χ2n) is 13.3. The Hall–Kier alpha value is -3.21. The van der Waals surface area contributed by atoms with Crippen molar-refractivity contribution in [1.82, 2.24) is 9.88 Å². The third-order valence-electron chi connectivity index (χ3n) is 11.1. The first-order valence-corrected chi connectivity index (χ1v) is 16.9.